The maximum absolute atomic E-state index is 13.0. The summed E-state index contributed by atoms with van der Waals surface area (Å²) < 4.78 is 43.2. The fourth-order valence-corrected chi connectivity index (χ4v) is 4.94. The fourth-order valence-electron chi connectivity index (χ4n) is 4.94. The van der Waals surface area contributed by atoms with Gasteiger partial charge in [-0.15, -0.1) is 13.2 Å². The van der Waals surface area contributed by atoms with Crippen molar-refractivity contribution in [2.24, 2.45) is 5.92 Å². The van der Waals surface area contributed by atoms with Crippen molar-refractivity contribution in [3.05, 3.63) is 82.5 Å². The van der Waals surface area contributed by atoms with Gasteiger partial charge in [-0.3, -0.25) is 14.6 Å². The topological polar surface area (TPSA) is 64.4 Å². The summed E-state index contributed by atoms with van der Waals surface area (Å²) in [6.07, 6.45) is -0.761. The molecule has 2 aliphatic rings. The fraction of sp³-hybridized carbons (Fsp3) is 0.292. The van der Waals surface area contributed by atoms with Crippen LogP contribution in [0.15, 0.2) is 65.7 Å². The van der Waals surface area contributed by atoms with Crippen molar-refractivity contribution in [2.45, 2.75) is 25.2 Å². The Morgan fingerprint density at radius 3 is 2.39 bits per heavy atom. The van der Waals surface area contributed by atoms with E-state index in [4.69, 9.17) is 0 Å². The van der Waals surface area contributed by atoms with Crippen LogP contribution in [0.5, 0.6) is 5.75 Å². The molecule has 2 aromatic heterocycles. The lowest BCUT2D eigenvalue weighted by Gasteiger charge is -2.43. The zero-order chi connectivity index (χ0) is 23.2. The Labute approximate surface area is 187 Å². The van der Waals surface area contributed by atoms with Gasteiger partial charge in [0.1, 0.15) is 5.75 Å². The highest BCUT2D eigenvalue weighted by Gasteiger charge is 2.38. The van der Waals surface area contributed by atoms with Crippen LogP contribution in [0.4, 0.5) is 13.2 Å². The number of amides is 1. The number of carbonyl (C=O) groups is 1. The molecule has 6 nitrogen and oxygen atoms in total. The highest BCUT2D eigenvalue weighted by molar-refractivity contribution is 5.94. The molecular formula is C24H20F3N3O3. The van der Waals surface area contributed by atoms with E-state index in [2.05, 4.69) is 9.72 Å². The van der Waals surface area contributed by atoms with Gasteiger partial charge < -0.3 is 14.2 Å². The van der Waals surface area contributed by atoms with E-state index in [1.807, 2.05) is 4.90 Å². The average molecular weight is 455 g/mol. The average Bonchev–Trinajstić information content (AvgIpc) is 2.79. The second-order valence-corrected chi connectivity index (χ2v) is 8.40. The SMILES string of the molecule is O=C(c1ccncc1)N1C[C@@H]2C[C@H](C1)c1c(-c3ccc(OC(F)(F)F)cc3)ccc(=O)n1C2. The molecule has 0 unspecified atom stereocenters. The maximum Gasteiger partial charge on any atom is 0.573 e. The maximum atomic E-state index is 13.0. The van der Waals surface area contributed by atoms with Gasteiger partial charge in [-0.05, 0) is 48.2 Å². The first kappa shape index (κ1) is 21.2. The van der Waals surface area contributed by atoms with E-state index in [1.54, 1.807) is 47.3 Å². The molecule has 1 fully saturated rings. The summed E-state index contributed by atoms with van der Waals surface area (Å²) in [5.41, 5.74) is 2.72. The molecule has 9 heteroatoms. The zero-order valence-corrected chi connectivity index (χ0v) is 17.5. The molecule has 4 heterocycles. The molecule has 2 bridgehead atoms. The number of hydrogen-bond acceptors (Lipinski definition) is 4. The molecule has 3 aromatic rings. The van der Waals surface area contributed by atoms with E-state index < -0.39 is 6.36 Å². The standard InChI is InChI=1S/C24H20F3N3O3/c25-24(26,27)33-19-3-1-16(2-4-19)20-5-6-21(31)30-13-15-11-18(22(20)30)14-29(12-15)23(32)17-7-9-28-10-8-17/h1-10,15,18H,11-14H2/t15-,18+/m0/s1. The van der Waals surface area contributed by atoms with Gasteiger partial charge in [0.05, 0.1) is 0 Å². The molecule has 1 amide bonds. The Kier molecular flexibility index (Phi) is 5.19. The number of alkyl halides is 3. The predicted molar refractivity (Wildman–Crippen MR) is 114 cm³/mol. The summed E-state index contributed by atoms with van der Waals surface area (Å²) in [6.45, 7) is 1.52. The number of fused-ring (bicyclic) bond motifs is 4. The molecule has 2 atom stereocenters. The summed E-state index contributed by atoms with van der Waals surface area (Å²) in [4.78, 5) is 31.5. The lowest BCUT2D eigenvalue weighted by Crippen LogP contribution is -2.49. The van der Waals surface area contributed by atoms with Crippen molar-refractivity contribution in [1.82, 2.24) is 14.5 Å². The number of nitrogens with zero attached hydrogens (tertiary/aromatic N) is 3. The lowest BCUT2D eigenvalue weighted by molar-refractivity contribution is -0.274. The number of pyridine rings is 2. The molecule has 170 valence electrons. The van der Waals surface area contributed by atoms with E-state index >= 15 is 0 Å². The van der Waals surface area contributed by atoms with Crippen molar-refractivity contribution in [3.63, 3.8) is 0 Å². The number of halogens is 3. The van der Waals surface area contributed by atoms with Crippen molar-refractivity contribution in [2.75, 3.05) is 13.1 Å². The van der Waals surface area contributed by atoms with Crippen LogP contribution in [-0.2, 0) is 6.54 Å². The zero-order valence-electron chi connectivity index (χ0n) is 17.5. The van der Waals surface area contributed by atoms with Crippen molar-refractivity contribution in [3.8, 4) is 16.9 Å². The van der Waals surface area contributed by atoms with Crippen LogP contribution in [-0.4, -0.2) is 39.8 Å². The Hall–Kier alpha value is -3.62. The first-order valence-corrected chi connectivity index (χ1v) is 10.6. The van der Waals surface area contributed by atoms with Crippen LogP contribution in [0, 0.1) is 5.92 Å². The highest BCUT2D eigenvalue weighted by atomic mass is 19.4. The van der Waals surface area contributed by atoms with Crippen LogP contribution in [0.3, 0.4) is 0 Å². The Bertz CT molecular complexity index is 1240. The number of piperidine rings is 1. The van der Waals surface area contributed by atoms with Gasteiger partial charge in [-0.1, -0.05) is 12.1 Å². The molecule has 33 heavy (non-hydrogen) atoms. The predicted octanol–water partition coefficient (Wildman–Crippen LogP) is 4.07. The number of likely N-dealkylation sites (tertiary alicyclic amines) is 1. The second kappa shape index (κ2) is 8.06. The third-order valence-electron chi connectivity index (χ3n) is 6.20. The van der Waals surface area contributed by atoms with Gasteiger partial charge in [0.15, 0.2) is 0 Å². The first-order valence-electron chi connectivity index (χ1n) is 10.6. The van der Waals surface area contributed by atoms with Crippen LogP contribution < -0.4 is 10.3 Å². The third kappa shape index (κ3) is 4.22. The molecule has 0 saturated carbocycles. The summed E-state index contributed by atoms with van der Waals surface area (Å²) in [6, 6.07) is 12.2. The highest BCUT2D eigenvalue weighted by Crippen LogP contribution is 2.40. The van der Waals surface area contributed by atoms with Gasteiger partial charge in [0, 0.05) is 60.8 Å². The minimum absolute atomic E-state index is 0.0571. The molecule has 5 rings (SSSR count). The molecule has 1 aromatic carbocycles. The molecule has 2 aliphatic heterocycles. The number of hydrogen-bond donors (Lipinski definition) is 0. The van der Waals surface area contributed by atoms with E-state index in [0.717, 1.165) is 17.7 Å². The molecule has 0 radical (unpaired) electrons. The van der Waals surface area contributed by atoms with E-state index in [-0.39, 0.29) is 29.1 Å². The Balaban J connectivity index is 1.48. The number of benzene rings is 1. The normalized spacial score (nSPS) is 19.7. The molecule has 0 N–H and O–H groups in total. The largest absolute Gasteiger partial charge is 0.573 e. The number of aromatic nitrogens is 2. The van der Waals surface area contributed by atoms with E-state index in [1.165, 1.54) is 18.2 Å². The minimum Gasteiger partial charge on any atom is -0.406 e. The molecule has 1 saturated heterocycles. The summed E-state index contributed by atoms with van der Waals surface area (Å²) in [5, 5.41) is 0. The number of rotatable bonds is 3. The lowest BCUT2D eigenvalue weighted by atomic mass is 9.80. The molecule has 0 aliphatic carbocycles. The summed E-state index contributed by atoms with van der Waals surface area (Å²) in [5.74, 6) is -0.287. The van der Waals surface area contributed by atoms with Gasteiger partial charge in [-0.25, -0.2) is 0 Å². The van der Waals surface area contributed by atoms with Gasteiger partial charge in [0.25, 0.3) is 11.5 Å². The van der Waals surface area contributed by atoms with Crippen LogP contribution in [0.25, 0.3) is 11.1 Å². The molecule has 0 spiro atoms. The summed E-state index contributed by atoms with van der Waals surface area (Å²) in [7, 11) is 0. The van der Waals surface area contributed by atoms with E-state index in [0.29, 0.717) is 30.8 Å². The monoisotopic (exact) mass is 455 g/mol. The van der Waals surface area contributed by atoms with Crippen LogP contribution in [0.1, 0.15) is 28.4 Å². The minimum atomic E-state index is -4.76. The van der Waals surface area contributed by atoms with Crippen molar-refractivity contribution < 1.29 is 22.7 Å². The van der Waals surface area contributed by atoms with Gasteiger partial charge >= 0.3 is 6.36 Å². The number of ether oxygens (including phenoxy) is 1. The smallest absolute Gasteiger partial charge is 0.406 e. The summed E-state index contributed by atoms with van der Waals surface area (Å²) >= 11 is 0. The van der Waals surface area contributed by atoms with Crippen molar-refractivity contribution >= 4 is 5.91 Å². The van der Waals surface area contributed by atoms with Crippen molar-refractivity contribution in [1.29, 1.82) is 0 Å². The Morgan fingerprint density at radius 2 is 1.70 bits per heavy atom. The first-order chi connectivity index (χ1) is 15.8. The second-order valence-electron chi connectivity index (χ2n) is 8.40. The van der Waals surface area contributed by atoms with Gasteiger partial charge in [0.2, 0.25) is 0 Å². The van der Waals surface area contributed by atoms with Crippen LogP contribution >= 0.6 is 0 Å². The molecular weight excluding hydrogens is 435 g/mol. The Morgan fingerprint density at radius 1 is 0.970 bits per heavy atom. The van der Waals surface area contributed by atoms with Crippen LogP contribution in [0.2, 0.25) is 0 Å². The van der Waals surface area contributed by atoms with Gasteiger partial charge in [-0.2, -0.15) is 0 Å². The van der Waals surface area contributed by atoms with E-state index in [9.17, 15) is 22.8 Å². The third-order valence-corrected chi connectivity index (χ3v) is 6.20. The number of carbonyl (C=O) groups excluding carboxylic acids is 1. The quantitative estimate of drug-likeness (QED) is 0.597.